The Kier molecular flexibility index (Phi) is 5.91. The van der Waals surface area contributed by atoms with E-state index in [9.17, 15) is 14.4 Å². The van der Waals surface area contributed by atoms with Gasteiger partial charge >= 0.3 is 5.97 Å². The highest BCUT2D eigenvalue weighted by atomic mass is 35.5. The van der Waals surface area contributed by atoms with Crippen molar-refractivity contribution in [2.75, 3.05) is 5.01 Å². The molecule has 2 N–H and O–H groups in total. The van der Waals surface area contributed by atoms with Crippen molar-refractivity contribution in [2.24, 2.45) is 0 Å². The molecule has 3 aromatic rings. The number of rotatable bonds is 6. The van der Waals surface area contributed by atoms with Gasteiger partial charge in [-0.3, -0.25) is 15.0 Å². The molecule has 1 fully saturated rings. The molecule has 0 aliphatic carbocycles. The van der Waals surface area contributed by atoms with E-state index < -0.39 is 17.8 Å². The number of hydrogen-bond acceptors (Lipinski definition) is 4. The first kappa shape index (κ1) is 21.1. The van der Waals surface area contributed by atoms with Gasteiger partial charge in [0.2, 0.25) is 0 Å². The molecule has 32 heavy (non-hydrogen) atoms. The minimum atomic E-state index is -0.994. The van der Waals surface area contributed by atoms with E-state index in [1.807, 2.05) is 6.07 Å². The average molecular weight is 449 g/mol. The number of ether oxygens (including phenoxy) is 1. The van der Waals surface area contributed by atoms with E-state index in [0.717, 1.165) is 5.56 Å². The number of amides is 2. The minimum Gasteiger partial charge on any atom is -0.487 e. The first-order chi connectivity index (χ1) is 15.4. The first-order valence-corrected chi connectivity index (χ1v) is 9.97. The number of carboxylic acids is 1. The third-order valence-electron chi connectivity index (χ3n) is 4.77. The van der Waals surface area contributed by atoms with Crippen molar-refractivity contribution in [1.82, 2.24) is 5.43 Å². The second kappa shape index (κ2) is 8.95. The van der Waals surface area contributed by atoms with Gasteiger partial charge in [0, 0.05) is 0 Å². The largest absolute Gasteiger partial charge is 0.487 e. The van der Waals surface area contributed by atoms with Crippen LogP contribution in [0.1, 0.15) is 21.5 Å². The van der Waals surface area contributed by atoms with Crippen LogP contribution in [-0.4, -0.2) is 22.9 Å². The number of carbonyl (C=O) groups is 3. The highest BCUT2D eigenvalue weighted by Crippen LogP contribution is 2.28. The van der Waals surface area contributed by atoms with Crippen molar-refractivity contribution in [3.05, 3.63) is 100 Å². The lowest BCUT2D eigenvalue weighted by atomic mass is 10.1. The zero-order valence-electron chi connectivity index (χ0n) is 16.6. The highest BCUT2D eigenvalue weighted by molar-refractivity contribution is 6.33. The number of para-hydroxylation sites is 1. The molecule has 2 amide bonds. The summed E-state index contributed by atoms with van der Waals surface area (Å²) in [6, 6.07) is 20.1. The Morgan fingerprint density at radius 1 is 1.03 bits per heavy atom. The number of hydrazine groups is 1. The highest BCUT2D eigenvalue weighted by Gasteiger charge is 2.34. The fourth-order valence-corrected chi connectivity index (χ4v) is 3.36. The quantitative estimate of drug-likeness (QED) is 0.437. The molecular formula is C24H17ClN2O5. The lowest BCUT2D eigenvalue weighted by molar-refractivity contribution is -0.117. The molecule has 1 heterocycles. The molecule has 1 aliphatic heterocycles. The van der Waals surface area contributed by atoms with Crippen molar-refractivity contribution in [2.45, 2.75) is 6.61 Å². The number of hydrogen-bond donors (Lipinski definition) is 2. The summed E-state index contributed by atoms with van der Waals surface area (Å²) in [6.07, 6.45) is 1.47. The van der Waals surface area contributed by atoms with Crippen LogP contribution >= 0.6 is 11.6 Å². The molecule has 7 nitrogen and oxygen atoms in total. The van der Waals surface area contributed by atoms with Gasteiger partial charge in [-0.05, 0) is 53.6 Å². The van der Waals surface area contributed by atoms with E-state index in [1.165, 1.54) is 23.2 Å². The molecule has 0 unspecified atom stereocenters. The summed E-state index contributed by atoms with van der Waals surface area (Å²) in [5, 5.41) is 10.5. The SMILES string of the molecule is O=C1NN(c2ccccc2)C(=O)C1=Cc1ccc(OCc2ccc(C(=O)O)cc2)c(Cl)c1. The second-order valence-corrected chi connectivity index (χ2v) is 7.36. The number of nitrogens with zero attached hydrogens (tertiary/aromatic N) is 1. The molecule has 0 atom stereocenters. The van der Waals surface area contributed by atoms with Crippen molar-refractivity contribution in [1.29, 1.82) is 0 Å². The predicted octanol–water partition coefficient (Wildman–Crippen LogP) is 4.08. The lowest BCUT2D eigenvalue weighted by Gasteiger charge is -2.13. The Bertz CT molecular complexity index is 1220. The predicted molar refractivity (Wildman–Crippen MR) is 119 cm³/mol. The second-order valence-electron chi connectivity index (χ2n) is 6.96. The van der Waals surface area contributed by atoms with Crippen LogP contribution < -0.4 is 15.2 Å². The summed E-state index contributed by atoms with van der Waals surface area (Å²) in [5.41, 5.74) is 4.66. The molecule has 1 aliphatic rings. The van der Waals surface area contributed by atoms with Gasteiger partial charge in [0.05, 0.1) is 16.3 Å². The molecule has 0 aromatic heterocycles. The molecule has 0 spiro atoms. The van der Waals surface area contributed by atoms with Gasteiger partial charge in [-0.25, -0.2) is 9.80 Å². The van der Waals surface area contributed by atoms with E-state index in [1.54, 1.807) is 54.6 Å². The number of halogens is 1. The van der Waals surface area contributed by atoms with Crippen LogP contribution in [0.4, 0.5) is 5.69 Å². The lowest BCUT2D eigenvalue weighted by Crippen LogP contribution is -2.35. The maximum absolute atomic E-state index is 12.7. The molecule has 160 valence electrons. The summed E-state index contributed by atoms with van der Waals surface area (Å²) in [4.78, 5) is 35.9. The number of aromatic carboxylic acids is 1. The van der Waals surface area contributed by atoms with Crippen molar-refractivity contribution in [3.8, 4) is 5.75 Å². The van der Waals surface area contributed by atoms with Crippen LogP contribution in [0.15, 0.2) is 78.4 Å². The van der Waals surface area contributed by atoms with Crippen LogP contribution in [0, 0.1) is 0 Å². The zero-order valence-corrected chi connectivity index (χ0v) is 17.4. The summed E-state index contributed by atoms with van der Waals surface area (Å²) >= 11 is 6.32. The number of nitrogens with one attached hydrogen (secondary N) is 1. The number of carbonyl (C=O) groups excluding carboxylic acids is 2. The normalized spacial score (nSPS) is 14.5. The Balaban J connectivity index is 1.47. The van der Waals surface area contributed by atoms with E-state index in [4.69, 9.17) is 21.4 Å². The van der Waals surface area contributed by atoms with Crippen molar-refractivity contribution < 1.29 is 24.2 Å². The fraction of sp³-hybridized carbons (Fsp3) is 0.0417. The van der Waals surface area contributed by atoms with E-state index >= 15 is 0 Å². The number of benzene rings is 3. The molecule has 3 aromatic carbocycles. The van der Waals surface area contributed by atoms with Crippen LogP contribution in [-0.2, 0) is 16.2 Å². The van der Waals surface area contributed by atoms with Crippen LogP contribution in [0.2, 0.25) is 5.02 Å². The fourth-order valence-electron chi connectivity index (χ4n) is 3.11. The first-order valence-electron chi connectivity index (χ1n) is 9.59. The Hall–Kier alpha value is -4.10. The van der Waals surface area contributed by atoms with Gasteiger partial charge in [-0.15, -0.1) is 0 Å². The molecule has 0 saturated carbocycles. The van der Waals surface area contributed by atoms with Crippen LogP contribution in [0.5, 0.6) is 5.75 Å². The smallest absolute Gasteiger partial charge is 0.335 e. The van der Waals surface area contributed by atoms with E-state index in [0.29, 0.717) is 22.0 Å². The standard InChI is InChI=1S/C24H17ClN2O5/c25-20-13-16(8-11-21(20)32-14-15-6-9-17(10-7-15)24(30)31)12-19-22(28)26-27(23(19)29)18-4-2-1-3-5-18/h1-13H,14H2,(H,26,28)(H,30,31). The molecule has 0 bridgehead atoms. The van der Waals surface area contributed by atoms with E-state index in [-0.39, 0.29) is 17.7 Å². The summed E-state index contributed by atoms with van der Waals surface area (Å²) < 4.78 is 5.71. The van der Waals surface area contributed by atoms with Gasteiger partial charge in [-0.2, -0.15) is 0 Å². The molecule has 8 heteroatoms. The Morgan fingerprint density at radius 3 is 2.41 bits per heavy atom. The van der Waals surface area contributed by atoms with Crippen molar-refractivity contribution >= 4 is 41.1 Å². The van der Waals surface area contributed by atoms with Gasteiger partial charge < -0.3 is 9.84 Å². The van der Waals surface area contributed by atoms with Gasteiger partial charge in [0.25, 0.3) is 11.8 Å². The van der Waals surface area contributed by atoms with Gasteiger partial charge in [0.1, 0.15) is 17.9 Å². The maximum atomic E-state index is 12.7. The Morgan fingerprint density at radius 2 is 1.75 bits per heavy atom. The number of anilines is 1. The van der Waals surface area contributed by atoms with Crippen molar-refractivity contribution in [3.63, 3.8) is 0 Å². The van der Waals surface area contributed by atoms with Crippen LogP contribution in [0.25, 0.3) is 6.08 Å². The molecule has 1 saturated heterocycles. The van der Waals surface area contributed by atoms with Crippen LogP contribution in [0.3, 0.4) is 0 Å². The average Bonchev–Trinajstić information content (AvgIpc) is 3.07. The minimum absolute atomic E-state index is 0.00268. The monoisotopic (exact) mass is 448 g/mol. The summed E-state index contributed by atoms with van der Waals surface area (Å²) in [6.45, 7) is 0.201. The van der Waals surface area contributed by atoms with Gasteiger partial charge in [-0.1, -0.05) is 48.0 Å². The van der Waals surface area contributed by atoms with E-state index in [2.05, 4.69) is 5.43 Å². The van der Waals surface area contributed by atoms with Gasteiger partial charge in [0.15, 0.2) is 0 Å². The summed E-state index contributed by atoms with van der Waals surface area (Å²) in [5.74, 6) is -1.53. The maximum Gasteiger partial charge on any atom is 0.335 e. The topological polar surface area (TPSA) is 95.9 Å². The molecule has 0 radical (unpaired) electrons. The third kappa shape index (κ3) is 4.48. The Labute approximate surface area is 188 Å². The summed E-state index contributed by atoms with van der Waals surface area (Å²) in [7, 11) is 0. The zero-order chi connectivity index (χ0) is 22.7. The number of carboxylic acid groups (broad SMARTS) is 1. The third-order valence-corrected chi connectivity index (χ3v) is 5.06. The molecule has 4 rings (SSSR count). The molecular weight excluding hydrogens is 432 g/mol.